The van der Waals surface area contributed by atoms with Gasteiger partial charge in [0.15, 0.2) is 0 Å². The van der Waals surface area contributed by atoms with E-state index >= 15 is 0 Å². The zero-order valence-electron chi connectivity index (χ0n) is 10.3. The number of nitrogens with zero attached hydrogens (tertiary/aromatic N) is 6. The number of hydrogen-bond acceptors (Lipinski definition) is 6. The number of carbonyl (C=O) groups is 2. The van der Waals surface area contributed by atoms with E-state index in [1.54, 1.807) is 9.80 Å². The average molecular weight is 266 g/mol. The second kappa shape index (κ2) is 4.82. The zero-order chi connectivity index (χ0) is 13.2. The molecule has 2 fully saturated rings. The van der Waals surface area contributed by atoms with Gasteiger partial charge in [0.05, 0.1) is 12.6 Å². The maximum atomic E-state index is 12.1. The highest BCUT2D eigenvalue weighted by Crippen LogP contribution is 2.18. The summed E-state index contributed by atoms with van der Waals surface area (Å²) in [5.74, 6) is 0.0505. The van der Waals surface area contributed by atoms with Gasteiger partial charge in [0.1, 0.15) is 12.9 Å². The van der Waals surface area contributed by atoms with Crippen molar-refractivity contribution in [3.8, 4) is 0 Å². The molecule has 2 amide bonds. The minimum Gasteiger partial charge on any atom is -0.447 e. The summed E-state index contributed by atoms with van der Waals surface area (Å²) < 4.78 is 6.49. The third kappa shape index (κ3) is 2.35. The fraction of sp³-hybridized carbons (Fsp3) is 0.700. The van der Waals surface area contributed by atoms with Crippen molar-refractivity contribution in [2.45, 2.75) is 19.0 Å². The van der Waals surface area contributed by atoms with E-state index < -0.39 is 0 Å². The highest BCUT2D eigenvalue weighted by molar-refractivity contribution is 5.77. The van der Waals surface area contributed by atoms with Crippen LogP contribution in [-0.2, 0) is 16.1 Å². The first-order valence-electron chi connectivity index (χ1n) is 6.16. The first-order chi connectivity index (χ1) is 9.24. The number of carbonyl (C=O) groups excluding carboxylic acids is 2. The van der Waals surface area contributed by atoms with Crippen molar-refractivity contribution < 1.29 is 14.3 Å². The first-order valence-corrected chi connectivity index (χ1v) is 6.16. The van der Waals surface area contributed by atoms with Crippen LogP contribution < -0.4 is 0 Å². The number of cyclic esters (lactones) is 1. The molecule has 9 heteroatoms. The Morgan fingerprint density at radius 1 is 1.47 bits per heavy atom. The number of rotatable bonds is 3. The lowest BCUT2D eigenvalue weighted by Crippen LogP contribution is -2.53. The van der Waals surface area contributed by atoms with Gasteiger partial charge in [-0.1, -0.05) is 0 Å². The third-order valence-electron chi connectivity index (χ3n) is 3.42. The molecule has 0 aliphatic carbocycles. The Bertz CT molecular complexity index is 476. The maximum Gasteiger partial charge on any atom is 0.410 e. The number of aryl methyl sites for hydroxylation is 1. The van der Waals surface area contributed by atoms with Crippen molar-refractivity contribution in [3.63, 3.8) is 0 Å². The Morgan fingerprint density at radius 2 is 2.37 bits per heavy atom. The van der Waals surface area contributed by atoms with Crippen LogP contribution >= 0.6 is 0 Å². The number of ether oxygens (including phenoxy) is 1. The van der Waals surface area contributed by atoms with E-state index in [0.717, 1.165) is 0 Å². The molecule has 0 aromatic carbocycles. The molecule has 1 atom stereocenters. The van der Waals surface area contributed by atoms with Gasteiger partial charge < -0.3 is 9.64 Å². The van der Waals surface area contributed by atoms with E-state index in [1.165, 1.54) is 11.0 Å². The van der Waals surface area contributed by atoms with Gasteiger partial charge in [-0.25, -0.2) is 9.48 Å². The lowest BCUT2D eigenvalue weighted by Gasteiger charge is -2.35. The fourth-order valence-electron chi connectivity index (χ4n) is 2.37. The lowest BCUT2D eigenvalue weighted by molar-refractivity contribution is -0.133. The zero-order valence-corrected chi connectivity index (χ0v) is 10.3. The van der Waals surface area contributed by atoms with Gasteiger partial charge in [-0.15, -0.1) is 5.10 Å². The van der Waals surface area contributed by atoms with Gasteiger partial charge in [0.25, 0.3) is 0 Å². The molecule has 0 radical (unpaired) electrons. The van der Waals surface area contributed by atoms with E-state index in [4.69, 9.17) is 4.74 Å². The van der Waals surface area contributed by atoms with E-state index in [0.29, 0.717) is 39.2 Å². The molecule has 0 N–H and O–H groups in total. The molecular weight excluding hydrogens is 252 g/mol. The van der Waals surface area contributed by atoms with Crippen molar-refractivity contribution in [2.24, 2.45) is 0 Å². The Kier molecular flexibility index (Phi) is 3.02. The predicted octanol–water partition coefficient (Wildman–Crippen LogP) is -1.27. The molecule has 1 unspecified atom stereocenters. The standard InChI is InChI=1S/C10H14N6O3/c17-9(1-2-15-7-11-12-13-15)14-3-4-16-8(5-14)6-19-10(16)18/h7-8H,1-6H2. The SMILES string of the molecule is O=C(CCn1cnnn1)N1CCN2C(=O)OCC2C1. The van der Waals surface area contributed by atoms with Crippen LogP contribution in [-0.4, -0.2) is 74.3 Å². The second-order valence-corrected chi connectivity index (χ2v) is 4.59. The number of aromatic nitrogens is 4. The molecule has 19 heavy (non-hydrogen) atoms. The van der Waals surface area contributed by atoms with E-state index in [2.05, 4.69) is 15.5 Å². The quantitative estimate of drug-likeness (QED) is 0.677. The summed E-state index contributed by atoms with van der Waals surface area (Å²) in [4.78, 5) is 26.9. The van der Waals surface area contributed by atoms with Crippen LogP contribution in [0, 0.1) is 0 Å². The molecule has 102 valence electrons. The van der Waals surface area contributed by atoms with Gasteiger partial charge in [-0.3, -0.25) is 9.69 Å². The van der Waals surface area contributed by atoms with Gasteiger partial charge in [-0.05, 0) is 10.4 Å². The largest absolute Gasteiger partial charge is 0.447 e. The molecule has 0 spiro atoms. The molecule has 3 heterocycles. The minimum atomic E-state index is -0.272. The summed E-state index contributed by atoms with van der Waals surface area (Å²) >= 11 is 0. The summed E-state index contributed by atoms with van der Waals surface area (Å²) in [6.07, 6.45) is 1.56. The predicted molar refractivity (Wildman–Crippen MR) is 60.9 cm³/mol. The molecule has 0 saturated carbocycles. The van der Waals surface area contributed by atoms with Gasteiger partial charge >= 0.3 is 6.09 Å². The number of fused-ring (bicyclic) bond motifs is 1. The topological polar surface area (TPSA) is 93.5 Å². The van der Waals surface area contributed by atoms with Gasteiger partial charge in [0.2, 0.25) is 5.91 Å². The Labute approximate surface area is 109 Å². The summed E-state index contributed by atoms with van der Waals surface area (Å²) in [6.45, 7) is 2.47. The van der Waals surface area contributed by atoms with Crippen LogP contribution in [0.2, 0.25) is 0 Å². The lowest BCUT2D eigenvalue weighted by atomic mass is 10.2. The van der Waals surface area contributed by atoms with Crippen LogP contribution in [0.15, 0.2) is 6.33 Å². The van der Waals surface area contributed by atoms with Crippen LogP contribution in [0.3, 0.4) is 0 Å². The summed E-state index contributed by atoms with van der Waals surface area (Å²) in [7, 11) is 0. The normalized spacial score (nSPS) is 22.3. The number of tetrazole rings is 1. The van der Waals surface area contributed by atoms with Crippen LogP contribution in [0.1, 0.15) is 6.42 Å². The van der Waals surface area contributed by atoms with Crippen molar-refractivity contribution in [1.82, 2.24) is 30.0 Å². The Hall–Kier alpha value is -2.19. The van der Waals surface area contributed by atoms with Crippen LogP contribution in [0.25, 0.3) is 0 Å². The van der Waals surface area contributed by atoms with Crippen molar-refractivity contribution >= 4 is 12.0 Å². The molecule has 9 nitrogen and oxygen atoms in total. The summed E-state index contributed by atoms with van der Waals surface area (Å²) in [6, 6.07) is -0.00163. The number of hydrogen-bond donors (Lipinski definition) is 0. The average Bonchev–Trinajstić information content (AvgIpc) is 3.06. The molecule has 2 saturated heterocycles. The highest BCUT2D eigenvalue weighted by Gasteiger charge is 2.38. The van der Waals surface area contributed by atoms with E-state index in [-0.39, 0.29) is 18.0 Å². The summed E-state index contributed by atoms with van der Waals surface area (Å²) in [5, 5.41) is 10.7. The minimum absolute atomic E-state index is 0.00163. The van der Waals surface area contributed by atoms with E-state index in [9.17, 15) is 9.59 Å². The van der Waals surface area contributed by atoms with Crippen molar-refractivity contribution in [1.29, 1.82) is 0 Å². The van der Waals surface area contributed by atoms with Crippen molar-refractivity contribution in [3.05, 3.63) is 6.33 Å². The molecule has 3 rings (SSSR count). The van der Waals surface area contributed by atoms with Crippen LogP contribution in [0.4, 0.5) is 4.79 Å². The fourth-order valence-corrected chi connectivity index (χ4v) is 2.37. The smallest absolute Gasteiger partial charge is 0.410 e. The molecule has 1 aromatic heterocycles. The van der Waals surface area contributed by atoms with Gasteiger partial charge in [-0.2, -0.15) is 0 Å². The molecule has 1 aromatic rings. The van der Waals surface area contributed by atoms with E-state index in [1.807, 2.05) is 0 Å². The molecular formula is C10H14N6O3. The Balaban J connectivity index is 1.52. The van der Waals surface area contributed by atoms with Gasteiger partial charge in [0, 0.05) is 26.1 Å². The number of piperazine rings is 1. The third-order valence-corrected chi connectivity index (χ3v) is 3.42. The van der Waals surface area contributed by atoms with Crippen molar-refractivity contribution in [2.75, 3.05) is 26.2 Å². The number of amides is 2. The molecule has 0 bridgehead atoms. The van der Waals surface area contributed by atoms with Crippen LogP contribution in [0.5, 0.6) is 0 Å². The highest BCUT2D eigenvalue weighted by atomic mass is 16.6. The maximum absolute atomic E-state index is 12.1. The monoisotopic (exact) mass is 266 g/mol. The molecule has 2 aliphatic rings. The first kappa shape index (κ1) is 11.9. The summed E-state index contributed by atoms with van der Waals surface area (Å²) in [5.41, 5.74) is 0. The Morgan fingerprint density at radius 3 is 3.16 bits per heavy atom. The second-order valence-electron chi connectivity index (χ2n) is 4.59. The molecule has 2 aliphatic heterocycles.